The van der Waals surface area contributed by atoms with Crippen LogP contribution in [0.1, 0.15) is 44.7 Å². The Kier molecular flexibility index (Phi) is 4.58. The molecule has 7 nitrogen and oxygen atoms in total. The predicted molar refractivity (Wildman–Crippen MR) is 71.8 cm³/mol. The van der Waals surface area contributed by atoms with E-state index in [1.54, 1.807) is 20.8 Å². The highest BCUT2D eigenvalue weighted by atomic mass is 32.2. The number of carboxylic acids is 1. The van der Waals surface area contributed by atoms with Crippen LogP contribution in [0.25, 0.3) is 0 Å². The van der Waals surface area contributed by atoms with Gasteiger partial charge in [0.25, 0.3) is 0 Å². The van der Waals surface area contributed by atoms with E-state index in [1.165, 1.54) is 6.92 Å². The molecule has 0 aliphatic carbocycles. The maximum absolute atomic E-state index is 11.4. The summed E-state index contributed by atoms with van der Waals surface area (Å²) in [6.07, 6.45) is 1.15. The van der Waals surface area contributed by atoms with Crippen LogP contribution >= 0.6 is 0 Å². The van der Waals surface area contributed by atoms with Gasteiger partial charge in [0, 0.05) is 12.7 Å². The van der Waals surface area contributed by atoms with Gasteiger partial charge in [0.15, 0.2) is 15.7 Å². The number of nitrogens with zero attached hydrogens (tertiary/aromatic N) is 2. The summed E-state index contributed by atoms with van der Waals surface area (Å²) in [5.41, 5.74) is -1.04. The maximum atomic E-state index is 11.4. The Morgan fingerprint density at radius 2 is 1.95 bits per heavy atom. The molecule has 0 amide bonds. The summed E-state index contributed by atoms with van der Waals surface area (Å²) in [4.78, 5) is 15.4. The molecule has 20 heavy (non-hydrogen) atoms. The average molecular weight is 304 g/mol. The van der Waals surface area contributed by atoms with Crippen LogP contribution in [0.3, 0.4) is 0 Å². The molecule has 114 valence electrons. The zero-order chi connectivity index (χ0) is 15.7. The van der Waals surface area contributed by atoms with Crippen molar-refractivity contribution in [3.63, 3.8) is 0 Å². The molecule has 8 heteroatoms. The first-order valence-electron chi connectivity index (χ1n) is 6.23. The minimum atomic E-state index is -3.32. The van der Waals surface area contributed by atoms with Crippen LogP contribution in [0.5, 0.6) is 0 Å². The van der Waals surface area contributed by atoms with E-state index in [9.17, 15) is 18.3 Å². The normalized spacial score (nSPS) is 16.9. The molecule has 0 fully saturated rings. The second-order valence-electron chi connectivity index (χ2n) is 5.57. The van der Waals surface area contributed by atoms with Gasteiger partial charge < -0.3 is 9.63 Å². The Hall–Kier alpha value is -1.44. The Balaban J connectivity index is 3.02. The van der Waals surface area contributed by atoms with E-state index in [1.807, 2.05) is 0 Å². The number of hydrogen-bond acceptors (Lipinski definition) is 6. The summed E-state index contributed by atoms with van der Waals surface area (Å²) in [6, 6.07) is 0. The highest BCUT2D eigenvalue weighted by Gasteiger charge is 2.39. The van der Waals surface area contributed by atoms with Gasteiger partial charge >= 0.3 is 5.97 Å². The summed E-state index contributed by atoms with van der Waals surface area (Å²) >= 11 is 0. The van der Waals surface area contributed by atoms with Gasteiger partial charge in [-0.25, -0.2) is 8.42 Å². The fraction of sp³-hybridized carbons (Fsp3) is 0.750. The van der Waals surface area contributed by atoms with Gasteiger partial charge in [0.1, 0.15) is 5.25 Å². The molecule has 1 rings (SSSR count). The molecule has 1 aromatic rings. The molecular weight excluding hydrogens is 284 g/mol. The van der Waals surface area contributed by atoms with Gasteiger partial charge in [-0.05, 0) is 19.8 Å². The van der Waals surface area contributed by atoms with Crippen LogP contribution in [0.15, 0.2) is 4.52 Å². The number of hydrogen-bond donors (Lipinski definition) is 1. The lowest BCUT2D eigenvalue weighted by Crippen LogP contribution is -2.35. The maximum Gasteiger partial charge on any atom is 0.310 e. The van der Waals surface area contributed by atoms with Crippen molar-refractivity contribution in [2.45, 2.75) is 39.4 Å². The van der Waals surface area contributed by atoms with Gasteiger partial charge in [0.2, 0.25) is 5.89 Å². The van der Waals surface area contributed by atoms with Crippen molar-refractivity contribution in [2.75, 3.05) is 6.26 Å². The first-order chi connectivity index (χ1) is 8.98. The molecule has 0 aromatic carbocycles. The molecule has 0 aliphatic rings. The summed E-state index contributed by atoms with van der Waals surface area (Å²) in [5, 5.41) is 12.1. The predicted octanol–water partition coefficient (Wildman–Crippen LogP) is 1.46. The van der Waals surface area contributed by atoms with E-state index in [4.69, 9.17) is 4.52 Å². The van der Waals surface area contributed by atoms with Crippen molar-refractivity contribution in [1.29, 1.82) is 0 Å². The lowest BCUT2D eigenvalue weighted by atomic mass is 9.76. The first kappa shape index (κ1) is 16.6. The van der Waals surface area contributed by atoms with Crippen LogP contribution in [0.4, 0.5) is 0 Å². The van der Waals surface area contributed by atoms with Crippen molar-refractivity contribution in [3.05, 3.63) is 11.7 Å². The van der Waals surface area contributed by atoms with Crippen molar-refractivity contribution in [3.8, 4) is 0 Å². The van der Waals surface area contributed by atoms with Crippen LogP contribution < -0.4 is 0 Å². The zero-order valence-electron chi connectivity index (χ0n) is 12.2. The molecule has 1 aromatic heterocycles. The van der Waals surface area contributed by atoms with E-state index in [2.05, 4.69) is 10.1 Å². The Labute approximate surface area is 118 Å². The number of carboxylic acid groups (broad SMARTS) is 1. The minimum absolute atomic E-state index is 0.0546. The van der Waals surface area contributed by atoms with E-state index < -0.39 is 26.5 Å². The summed E-state index contributed by atoms with van der Waals surface area (Å²) < 4.78 is 27.8. The highest BCUT2D eigenvalue weighted by molar-refractivity contribution is 7.90. The first-order valence-corrected chi connectivity index (χ1v) is 8.18. The molecule has 0 aliphatic heterocycles. The number of sulfone groups is 1. The third-order valence-corrected chi connectivity index (χ3v) is 5.27. The van der Waals surface area contributed by atoms with Crippen molar-refractivity contribution >= 4 is 15.8 Å². The number of aliphatic carboxylic acids is 1. The fourth-order valence-electron chi connectivity index (χ4n) is 1.54. The molecule has 1 N–H and O–H groups in total. The smallest absolute Gasteiger partial charge is 0.310 e. The Morgan fingerprint density at radius 1 is 1.40 bits per heavy atom. The standard InChI is InChI=1S/C12H20N2O5S/c1-7(2)12(4,11(15)16)6-9-13-10(14-19-9)8(3)20(5,17)18/h7-8H,6H2,1-5H3,(H,15,16). The largest absolute Gasteiger partial charge is 0.481 e. The van der Waals surface area contributed by atoms with Gasteiger partial charge in [-0.3, -0.25) is 4.79 Å². The van der Waals surface area contributed by atoms with Crippen molar-refractivity contribution in [2.24, 2.45) is 11.3 Å². The minimum Gasteiger partial charge on any atom is -0.481 e. The average Bonchev–Trinajstić information content (AvgIpc) is 2.74. The molecule has 1 heterocycles. The molecule has 2 unspecified atom stereocenters. The van der Waals surface area contributed by atoms with E-state index in [0.717, 1.165) is 6.26 Å². The van der Waals surface area contributed by atoms with Gasteiger partial charge in [-0.15, -0.1) is 0 Å². The molecule has 0 saturated heterocycles. The van der Waals surface area contributed by atoms with Crippen LogP contribution in [0.2, 0.25) is 0 Å². The molecular formula is C12H20N2O5S. The highest BCUT2D eigenvalue weighted by Crippen LogP contribution is 2.31. The molecule has 2 atom stereocenters. The zero-order valence-corrected chi connectivity index (χ0v) is 13.1. The van der Waals surface area contributed by atoms with Crippen LogP contribution in [-0.4, -0.2) is 35.9 Å². The third kappa shape index (κ3) is 3.36. The number of aromatic nitrogens is 2. The second kappa shape index (κ2) is 5.51. The lowest BCUT2D eigenvalue weighted by molar-refractivity contribution is -0.150. The lowest BCUT2D eigenvalue weighted by Gasteiger charge is -2.27. The molecule has 0 spiro atoms. The molecule has 0 bridgehead atoms. The quantitative estimate of drug-likeness (QED) is 0.847. The topological polar surface area (TPSA) is 110 Å². The van der Waals surface area contributed by atoms with Crippen molar-refractivity contribution in [1.82, 2.24) is 10.1 Å². The Bertz CT molecular complexity index is 593. The Morgan fingerprint density at radius 3 is 2.35 bits per heavy atom. The van der Waals surface area contributed by atoms with Crippen LogP contribution in [0, 0.1) is 11.3 Å². The van der Waals surface area contributed by atoms with Gasteiger partial charge in [0.05, 0.1) is 5.41 Å². The summed E-state index contributed by atoms with van der Waals surface area (Å²) in [7, 11) is -3.32. The number of rotatable bonds is 6. The third-order valence-electron chi connectivity index (χ3n) is 3.77. The van der Waals surface area contributed by atoms with E-state index in [0.29, 0.717) is 0 Å². The summed E-state index contributed by atoms with van der Waals surface area (Å²) in [6.45, 7) is 6.65. The van der Waals surface area contributed by atoms with Crippen molar-refractivity contribution < 1.29 is 22.8 Å². The second-order valence-corrected chi connectivity index (χ2v) is 7.94. The van der Waals surface area contributed by atoms with E-state index in [-0.39, 0.29) is 24.1 Å². The molecule has 0 radical (unpaired) electrons. The van der Waals surface area contributed by atoms with Gasteiger partial charge in [-0.2, -0.15) is 4.98 Å². The number of carbonyl (C=O) groups is 1. The van der Waals surface area contributed by atoms with E-state index >= 15 is 0 Å². The molecule has 0 saturated carbocycles. The summed E-state index contributed by atoms with van der Waals surface area (Å²) in [5.74, 6) is -0.904. The fourth-order valence-corrected chi connectivity index (χ4v) is 2.02. The van der Waals surface area contributed by atoms with Crippen LogP contribution in [-0.2, 0) is 21.1 Å². The van der Waals surface area contributed by atoms with Gasteiger partial charge in [-0.1, -0.05) is 19.0 Å². The SMILES string of the molecule is CC(C)C(C)(Cc1nc(C(C)S(C)(=O)=O)no1)C(=O)O. The monoisotopic (exact) mass is 304 g/mol.